The molecule has 1 amide bonds. The number of halogens is 1. The molecule has 0 atom stereocenters. The number of fused-ring (bicyclic) bond motifs is 1. The van der Waals surface area contributed by atoms with Gasteiger partial charge >= 0.3 is 0 Å². The Bertz CT molecular complexity index is 798. The molecular weight excluding hydrogens is 278 g/mol. The van der Waals surface area contributed by atoms with E-state index in [-0.39, 0.29) is 5.91 Å². The lowest BCUT2D eigenvalue weighted by atomic mass is 10.2. The zero-order valence-corrected chi connectivity index (χ0v) is 11.0. The summed E-state index contributed by atoms with van der Waals surface area (Å²) in [4.78, 5) is 16.2. The minimum atomic E-state index is -0.283. The minimum absolute atomic E-state index is 0.283. The lowest BCUT2D eigenvalue weighted by molar-refractivity contribution is 0.102. The molecule has 0 aliphatic rings. The second-order valence-electron chi connectivity index (χ2n) is 4.15. The van der Waals surface area contributed by atoms with Gasteiger partial charge in [0, 0.05) is 18.1 Å². The van der Waals surface area contributed by atoms with Crippen LogP contribution in [0.1, 0.15) is 10.4 Å². The highest BCUT2D eigenvalue weighted by atomic mass is 35.5. The van der Waals surface area contributed by atoms with Crippen molar-refractivity contribution in [3.8, 4) is 0 Å². The van der Waals surface area contributed by atoms with Crippen molar-refractivity contribution in [1.29, 1.82) is 0 Å². The molecule has 0 fully saturated rings. The standard InChI is InChI=1S/C13H10ClN5O/c14-10-2-1-8(5-11(10)15)18-13(20)9-6-17-19-4-3-16-7-12(9)19/h1-7H,15H2,(H,18,20). The van der Waals surface area contributed by atoms with Gasteiger partial charge in [-0.15, -0.1) is 0 Å². The van der Waals surface area contributed by atoms with Crippen LogP contribution < -0.4 is 11.1 Å². The first-order chi connectivity index (χ1) is 9.65. The van der Waals surface area contributed by atoms with E-state index in [0.29, 0.717) is 27.5 Å². The van der Waals surface area contributed by atoms with Gasteiger partial charge < -0.3 is 11.1 Å². The van der Waals surface area contributed by atoms with E-state index < -0.39 is 0 Å². The average Bonchev–Trinajstić information content (AvgIpc) is 2.87. The maximum absolute atomic E-state index is 12.2. The SMILES string of the molecule is Nc1cc(NC(=O)c2cnn3ccncc23)ccc1Cl. The summed E-state index contributed by atoms with van der Waals surface area (Å²) in [6.07, 6.45) is 6.34. The summed E-state index contributed by atoms with van der Waals surface area (Å²) < 4.78 is 1.58. The highest BCUT2D eigenvalue weighted by Gasteiger charge is 2.13. The van der Waals surface area contributed by atoms with Crippen molar-refractivity contribution in [1.82, 2.24) is 14.6 Å². The molecule has 3 rings (SSSR count). The van der Waals surface area contributed by atoms with Crippen LogP contribution in [-0.2, 0) is 0 Å². The van der Waals surface area contributed by atoms with Crippen molar-refractivity contribution in [2.45, 2.75) is 0 Å². The third-order valence-corrected chi connectivity index (χ3v) is 3.17. The Morgan fingerprint density at radius 1 is 1.35 bits per heavy atom. The summed E-state index contributed by atoms with van der Waals surface area (Å²) in [5.41, 5.74) is 7.74. The fourth-order valence-electron chi connectivity index (χ4n) is 1.83. The fourth-order valence-corrected chi connectivity index (χ4v) is 1.95. The zero-order chi connectivity index (χ0) is 14.1. The first-order valence-corrected chi connectivity index (χ1v) is 6.16. The first kappa shape index (κ1) is 12.4. The second kappa shape index (κ2) is 4.82. The van der Waals surface area contributed by atoms with Crippen molar-refractivity contribution < 1.29 is 4.79 Å². The Labute approximate surface area is 119 Å². The third-order valence-electron chi connectivity index (χ3n) is 2.82. The third kappa shape index (κ3) is 2.17. The molecule has 6 nitrogen and oxygen atoms in total. The van der Waals surface area contributed by atoms with E-state index in [0.717, 1.165) is 0 Å². The molecule has 20 heavy (non-hydrogen) atoms. The molecule has 0 saturated heterocycles. The molecule has 100 valence electrons. The molecule has 7 heteroatoms. The predicted molar refractivity (Wildman–Crippen MR) is 76.8 cm³/mol. The summed E-state index contributed by atoms with van der Waals surface area (Å²) in [7, 11) is 0. The summed E-state index contributed by atoms with van der Waals surface area (Å²) in [5.74, 6) is -0.283. The number of nitrogens with two attached hydrogens (primary N) is 1. The van der Waals surface area contributed by atoms with Gasteiger partial charge in [0.25, 0.3) is 5.91 Å². The number of rotatable bonds is 2. The van der Waals surface area contributed by atoms with Crippen LogP contribution in [0.5, 0.6) is 0 Å². The van der Waals surface area contributed by atoms with Crippen LogP contribution in [0.3, 0.4) is 0 Å². The van der Waals surface area contributed by atoms with Crippen LogP contribution >= 0.6 is 11.6 Å². The number of nitrogen functional groups attached to an aromatic ring is 1. The van der Waals surface area contributed by atoms with Gasteiger partial charge in [-0.05, 0) is 18.2 Å². The summed E-state index contributed by atoms with van der Waals surface area (Å²) in [6.45, 7) is 0. The van der Waals surface area contributed by atoms with Crippen molar-refractivity contribution in [2.24, 2.45) is 0 Å². The average molecular weight is 288 g/mol. The molecule has 0 aliphatic heterocycles. The van der Waals surface area contributed by atoms with Crippen LogP contribution in [0.4, 0.5) is 11.4 Å². The van der Waals surface area contributed by atoms with Crippen molar-refractivity contribution in [2.75, 3.05) is 11.1 Å². The van der Waals surface area contributed by atoms with Gasteiger partial charge in [-0.1, -0.05) is 11.6 Å². The van der Waals surface area contributed by atoms with Gasteiger partial charge in [0.15, 0.2) is 0 Å². The molecule has 0 saturated carbocycles. The molecule has 0 unspecified atom stereocenters. The van der Waals surface area contributed by atoms with Gasteiger partial charge in [-0.2, -0.15) is 5.10 Å². The minimum Gasteiger partial charge on any atom is -0.397 e. The van der Waals surface area contributed by atoms with E-state index in [1.54, 1.807) is 41.3 Å². The van der Waals surface area contributed by atoms with E-state index in [9.17, 15) is 4.79 Å². The molecule has 3 aromatic rings. The lowest BCUT2D eigenvalue weighted by Gasteiger charge is -2.06. The maximum Gasteiger partial charge on any atom is 0.259 e. The fraction of sp³-hybridized carbons (Fsp3) is 0. The summed E-state index contributed by atoms with van der Waals surface area (Å²) in [6, 6.07) is 4.91. The number of carbonyl (C=O) groups is 1. The number of hydrogen-bond acceptors (Lipinski definition) is 4. The molecule has 1 aromatic carbocycles. The Morgan fingerprint density at radius 2 is 2.20 bits per heavy atom. The zero-order valence-electron chi connectivity index (χ0n) is 10.2. The number of benzene rings is 1. The molecule has 3 N–H and O–H groups in total. The number of nitrogens with one attached hydrogen (secondary N) is 1. The van der Waals surface area contributed by atoms with Gasteiger partial charge in [-0.3, -0.25) is 9.78 Å². The molecular formula is C13H10ClN5O. The molecule has 2 aromatic heterocycles. The van der Waals surface area contributed by atoms with E-state index in [4.69, 9.17) is 17.3 Å². The van der Waals surface area contributed by atoms with Crippen LogP contribution in [0.2, 0.25) is 5.02 Å². The number of amides is 1. The normalized spacial score (nSPS) is 10.7. The maximum atomic E-state index is 12.2. The van der Waals surface area contributed by atoms with Crippen molar-refractivity contribution >= 4 is 34.4 Å². The molecule has 0 bridgehead atoms. The molecule has 0 aliphatic carbocycles. The molecule has 0 spiro atoms. The second-order valence-corrected chi connectivity index (χ2v) is 4.56. The summed E-state index contributed by atoms with van der Waals surface area (Å²) >= 11 is 5.84. The van der Waals surface area contributed by atoms with Crippen LogP contribution in [0.15, 0.2) is 43.0 Å². The number of anilines is 2. The largest absolute Gasteiger partial charge is 0.397 e. The molecule has 2 heterocycles. The Kier molecular flexibility index (Phi) is 3.00. The van der Waals surface area contributed by atoms with Crippen LogP contribution in [-0.4, -0.2) is 20.5 Å². The Hall–Kier alpha value is -2.60. The topological polar surface area (TPSA) is 85.3 Å². The summed E-state index contributed by atoms with van der Waals surface area (Å²) in [5, 5.41) is 7.28. The Balaban J connectivity index is 1.91. The van der Waals surface area contributed by atoms with E-state index in [1.165, 1.54) is 6.20 Å². The van der Waals surface area contributed by atoms with Crippen molar-refractivity contribution in [3.05, 3.63) is 53.6 Å². The van der Waals surface area contributed by atoms with E-state index in [1.807, 2.05) is 0 Å². The van der Waals surface area contributed by atoms with Crippen LogP contribution in [0.25, 0.3) is 5.52 Å². The smallest absolute Gasteiger partial charge is 0.259 e. The first-order valence-electron chi connectivity index (χ1n) is 5.79. The quantitative estimate of drug-likeness (QED) is 0.708. The number of aromatic nitrogens is 3. The predicted octanol–water partition coefficient (Wildman–Crippen LogP) is 2.22. The number of nitrogens with zero attached hydrogens (tertiary/aromatic N) is 3. The van der Waals surface area contributed by atoms with E-state index >= 15 is 0 Å². The highest BCUT2D eigenvalue weighted by Crippen LogP contribution is 2.23. The van der Waals surface area contributed by atoms with Gasteiger partial charge in [0.1, 0.15) is 0 Å². The van der Waals surface area contributed by atoms with Gasteiger partial charge in [-0.25, -0.2) is 4.52 Å². The van der Waals surface area contributed by atoms with Gasteiger partial charge in [0.2, 0.25) is 0 Å². The van der Waals surface area contributed by atoms with Crippen molar-refractivity contribution in [3.63, 3.8) is 0 Å². The van der Waals surface area contributed by atoms with Crippen LogP contribution in [0, 0.1) is 0 Å². The Morgan fingerprint density at radius 3 is 3.00 bits per heavy atom. The molecule has 0 radical (unpaired) electrons. The van der Waals surface area contributed by atoms with Gasteiger partial charge in [0.05, 0.1) is 34.2 Å². The highest BCUT2D eigenvalue weighted by molar-refractivity contribution is 6.33. The number of carbonyl (C=O) groups excluding carboxylic acids is 1. The lowest BCUT2D eigenvalue weighted by Crippen LogP contribution is -2.11. The monoisotopic (exact) mass is 287 g/mol. The van der Waals surface area contributed by atoms with E-state index in [2.05, 4.69) is 15.4 Å². The number of hydrogen-bond donors (Lipinski definition) is 2.